The number of aromatic nitrogens is 1. The molecule has 0 radical (unpaired) electrons. The van der Waals surface area contributed by atoms with Gasteiger partial charge in [0, 0.05) is 24.8 Å². The summed E-state index contributed by atoms with van der Waals surface area (Å²) >= 11 is 18.0. The van der Waals surface area contributed by atoms with Crippen LogP contribution in [-0.4, -0.2) is 34.7 Å². The Hall–Kier alpha value is -2.76. The van der Waals surface area contributed by atoms with E-state index in [0.29, 0.717) is 22.7 Å². The standard InChI is InChI=1S/C25H19Cl3F7N3O/c1-13-20(21(36)19(28)11-37-13)22(39)38(9-8-14-4-7-17(26)18(27)10-14)12-15-2-5-16(6-3-15)23(29,24(30,31)32)25(33,34)35/h2-7,10-11H,8-9,12H2,1H3,(H2,36,37). The number of nitrogens with two attached hydrogens (primary N) is 1. The summed E-state index contributed by atoms with van der Waals surface area (Å²) in [5.41, 5.74) is -0.231. The van der Waals surface area contributed by atoms with E-state index in [2.05, 4.69) is 4.98 Å². The molecule has 2 aromatic carbocycles. The number of alkyl halides is 7. The van der Waals surface area contributed by atoms with Crippen LogP contribution in [0.25, 0.3) is 0 Å². The summed E-state index contributed by atoms with van der Waals surface area (Å²) < 4.78 is 93.1. The predicted molar refractivity (Wildman–Crippen MR) is 135 cm³/mol. The quantitative estimate of drug-likeness (QED) is 0.273. The van der Waals surface area contributed by atoms with Gasteiger partial charge in [0.15, 0.2) is 0 Å². The fourth-order valence-corrected chi connectivity index (χ4v) is 4.25. The van der Waals surface area contributed by atoms with E-state index in [4.69, 9.17) is 40.5 Å². The topological polar surface area (TPSA) is 59.2 Å². The minimum absolute atomic E-state index is 0.0105. The molecule has 4 nitrogen and oxygen atoms in total. The number of nitrogens with zero attached hydrogens (tertiary/aromatic N) is 2. The molecule has 0 unspecified atom stereocenters. The zero-order chi connectivity index (χ0) is 29.3. The highest BCUT2D eigenvalue weighted by atomic mass is 35.5. The van der Waals surface area contributed by atoms with Gasteiger partial charge in [-0.15, -0.1) is 0 Å². The van der Waals surface area contributed by atoms with Crippen molar-refractivity contribution in [2.24, 2.45) is 0 Å². The lowest BCUT2D eigenvalue weighted by atomic mass is 9.93. The van der Waals surface area contributed by atoms with Crippen molar-refractivity contribution < 1.29 is 35.5 Å². The molecule has 0 atom stereocenters. The molecule has 0 aliphatic heterocycles. The van der Waals surface area contributed by atoms with E-state index in [-0.39, 0.29) is 52.1 Å². The summed E-state index contributed by atoms with van der Waals surface area (Å²) in [5.74, 6) is -0.644. The van der Waals surface area contributed by atoms with Gasteiger partial charge in [-0.25, -0.2) is 4.39 Å². The SMILES string of the molecule is Cc1ncc(Cl)c(N)c1C(=O)N(CCc1ccc(Cl)c(Cl)c1)Cc1ccc(C(F)(C(F)(F)F)C(F)(F)F)cc1. The van der Waals surface area contributed by atoms with Gasteiger partial charge in [-0.3, -0.25) is 9.78 Å². The van der Waals surface area contributed by atoms with Crippen LogP contribution in [0.3, 0.4) is 0 Å². The van der Waals surface area contributed by atoms with Crippen molar-refractivity contribution >= 4 is 46.4 Å². The average Bonchev–Trinajstić information content (AvgIpc) is 2.84. The van der Waals surface area contributed by atoms with Crippen LogP contribution in [-0.2, 0) is 18.6 Å². The molecule has 39 heavy (non-hydrogen) atoms. The van der Waals surface area contributed by atoms with Gasteiger partial charge in [-0.1, -0.05) is 65.1 Å². The minimum atomic E-state index is -6.25. The third kappa shape index (κ3) is 6.36. The molecule has 0 saturated heterocycles. The molecule has 0 bridgehead atoms. The van der Waals surface area contributed by atoms with Crippen LogP contribution in [0.1, 0.15) is 32.7 Å². The number of halogens is 10. The van der Waals surface area contributed by atoms with Crippen molar-refractivity contribution in [2.75, 3.05) is 12.3 Å². The van der Waals surface area contributed by atoms with E-state index in [1.54, 1.807) is 18.2 Å². The second-order valence-electron chi connectivity index (χ2n) is 8.56. The fraction of sp³-hybridized carbons (Fsp3) is 0.280. The molecule has 210 valence electrons. The average molecular weight is 617 g/mol. The van der Waals surface area contributed by atoms with Crippen molar-refractivity contribution in [1.29, 1.82) is 0 Å². The second-order valence-corrected chi connectivity index (χ2v) is 9.78. The number of carbonyl (C=O) groups excluding carboxylic acids is 1. The molecule has 2 N–H and O–H groups in total. The highest BCUT2D eigenvalue weighted by Crippen LogP contribution is 2.53. The smallest absolute Gasteiger partial charge is 0.397 e. The van der Waals surface area contributed by atoms with Gasteiger partial charge < -0.3 is 10.6 Å². The number of benzene rings is 2. The van der Waals surface area contributed by atoms with E-state index in [1.165, 1.54) is 18.0 Å². The molecular weight excluding hydrogens is 598 g/mol. The Bertz CT molecular complexity index is 1350. The minimum Gasteiger partial charge on any atom is -0.397 e. The lowest BCUT2D eigenvalue weighted by Crippen LogP contribution is -2.50. The van der Waals surface area contributed by atoms with Gasteiger partial charge in [0.2, 0.25) is 0 Å². The summed E-state index contributed by atoms with van der Waals surface area (Å²) in [5, 5.41) is 0.589. The largest absolute Gasteiger partial charge is 0.435 e. The first-order valence-corrected chi connectivity index (χ1v) is 12.2. The van der Waals surface area contributed by atoms with E-state index < -0.39 is 29.5 Å². The lowest BCUT2D eigenvalue weighted by molar-refractivity contribution is -0.348. The van der Waals surface area contributed by atoms with E-state index >= 15 is 0 Å². The van der Waals surface area contributed by atoms with Crippen molar-refractivity contribution in [3.63, 3.8) is 0 Å². The number of amides is 1. The third-order valence-electron chi connectivity index (χ3n) is 5.92. The first-order chi connectivity index (χ1) is 18.0. The summed E-state index contributed by atoms with van der Waals surface area (Å²) in [4.78, 5) is 18.8. The number of carbonyl (C=O) groups is 1. The first kappa shape index (κ1) is 30.8. The van der Waals surface area contributed by atoms with Crippen LogP contribution in [0.4, 0.5) is 36.4 Å². The Kier molecular flexibility index (Phi) is 8.98. The maximum absolute atomic E-state index is 14.4. The molecule has 0 aliphatic carbocycles. The van der Waals surface area contributed by atoms with Crippen molar-refractivity contribution in [2.45, 2.75) is 37.9 Å². The molecule has 1 heterocycles. The van der Waals surface area contributed by atoms with Gasteiger partial charge in [-0.05, 0) is 36.6 Å². The molecule has 3 rings (SSSR count). The maximum atomic E-state index is 14.4. The van der Waals surface area contributed by atoms with E-state index in [1.807, 2.05) is 0 Å². The molecule has 14 heteroatoms. The fourth-order valence-electron chi connectivity index (χ4n) is 3.79. The monoisotopic (exact) mass is 615 g/mol. The van der Waals surface area contributed by atoms with Crippen molar-refractivity contribution in [3.05, 3.63) is 91.7 Å². The summed E-state index contributed by atoms with van der Waals surface area (Å²) in [7, 11) is 0. The molecule has 0 fully saturated rings. The van der Waals surface area contributed by atoms with Crippen LogP contribution in [0.5, 0.6) is 0 Å². The second kappa shape index (κ2) is 11.4. The molecule has 1 amide bonds. The number of nitrogen functional groups attached to an aromatic ring is 1. The lowest BCUT2D eigenvalue weighted by Gasteiger charge is -2.30. The number of pyridine rings is 1. The zero-order valence-electron chi connectivity index (χ0n) is 19.9. The number of rotatable bonds is 7. The highest BCUT2D eigenvalue weighted by molar-refractivity contribution is 6.42. The van der Waals surface area contributed by atoms with Gasteiger partial charge in [0.05, 0.1) is 32.0 Å². The zero-order valence-corrected chi connectivity index (χ0v) is 22.2. The third-order valence-corrected chi connectivity index (χ3v) is 6.96. The Morgan fingerprint density at radius 2 is 1.44 bits per heavy atom. The number of hydrogen-bond donors (Lipinski definition) is 1. The Morgan fingerprint density at radius 3 is 1.97 bits per heavy atom. The summed E-state index contributed by atoms with van der Waals surface area (Å²) in [6, 6.07) is 7.34. The van der Waals surface area contributed by atoms with Crippen molar-refractivity contribution in [3.8, 4) is 0 Å². The van der Waals surface area contributed by atoms with Crippen LogP contribution < -0.4 is 5.73 Å². The number of aryl methyl sites for hydroxylation is 1. The normalized spacial score (nSPS) is 12.5. The van der Waals surface area contributed by atoms with Crippen LogP contribution >= 0.6 is 34.8 Å². The Balaban J connectivity index is 1.97. The van der Waals surface area contributed by atoms with Crippen LogP contribution in [0.15, 0.2) is 48.7 Å². The molecular formula is C25H19Cl3F7N3O. The molecule has 0 aliphatic rings. The number of hydrogen-bond acceptors (Lipinski definition) is 3. The number of anilines is 1. The summed E-state index contributed by atoms with van der Waals surface area (Å²) in [6.45, 7) is 1.26. The van der Waals surface area contributed by atoms with Crippen molar-refractivity contribution in [1.82, 2.24) is 9.88 Å². The Morgan fingerprint density at radius 1 is 0.872 bits per heavy atom. The van der Waals surface area contributed by atoms with Gasteiger partial charge >= 0.3 is 18.0 Å². The Labute approximate surface area is 233 Å². The molecule has 3 aromatic rings. The van der Waals surface area contributed by atoms with Crippen LogP contribution in [0.2, 0.25) is 15.1 Å². The molecule has 0 spiro atoms. The van der Waals surface area contributed by atoms with E-state index in [9.17, 15) is 35.5 Å². The van der Waals surface area contributed by atoms with Crippen LogP contribution in [0, 0.1) is 6.92 Å². The summed E-state index contributed by atoms with van der Waals surface area (Å²) in [6.07, 6.45) is -11.0. The van der Waals surface area contributed by atoms with Gasteiger partial charge in [-0.2, -0.15) is 26.3 Å². The van der Waals surface area contributed by atoms with E-state index in [0.717, 1.165) is 12.1 Å². The maximum Gasteiger partial charge on any atom is 0.435 e. The van der Waals surface area contributed by atoms with Gasteiger partial charge in [0.1, 0.15) is 0 Å². The molecule has 0 saturated carbocycles. The highest BCUT2D eigenvalue weighted by Gasteiger charge is 2.73. The van der Waals surface area contributed by atoms with Gasteiger partial charge in [0.25, 0.3) is 5.91 Å². The first-order valence-electron chi connectivity index (χ1n) is 11.0. The predicted octanol–water partition coefficient (Wildman–Crippen LogP) is 8.11. The molecule has 1 aromatic heterocycles.